The first-order valence-corrected chi connectivity index (χ1v) is 2.58. The summed E-state index contributed by atoms with van der Waals surface area (Å²) >= 11 is 0. The highest BCUT2D eigenvalue weighted by molar-refractivity contribution is 5.14. The number of aryl methyl sites for hydroxylation is 2. The van der Waals surface area contributed by atoms with Gasteiger partial charge >= 0.3 is 0 Å². The molecule has 0 saturated heterocycles. The predicted molar refractivity (Wildman–Crippen MR) is 33.6 cm³/mol. The minimum absolute atomic E-state index is 0.988. The molecule has 0 atom stereocenters. The van der Waals surface area contributed by atoms with E-state index in [-0.39, 0.29) is 0 Å². The van der Waals surface area contributed by atoms with Crippen molar-refractivity contribution >= 4 is 0 Å². The van der Waals surface area contributed by atoms with E-state index in [0.29, 0.717) is 0 Å². The summed E-state index contributed by atoms with van der Waals surface area (Å²) in [4.78, 5) is 0. The zero-order valence-electron chi connectivity index (χ0n) is 5.10. The van der Waals surface area contributed by atoms with Crippen LogP contribution in [0.2, 0.25) is 0 Å². The van der Waals surface area contributed by atoms with Crippen LogP contribution in [0.15, 0.2) is 12.1 Å². The average molecular weight is 109 g/mol. The van der Waals surface area contributed by atoms with Gasteiger partial charge in [-0.2, -0.15) is 0 Å². The Morgan fingerprint density at radius 2 is 1.62 bits per heavy atom. The van der Waals surface area contributed by atoms with Gasteiger partial charge < -0.3 is 10.5 Å². The summed E-state index contributed by atoms with van der Waals surface area (Å²) in [5.41, 5.74) is 1.98. The molecule has 0 aliphatic carbocycles. The van der Waals surface area contributed by atoms with E-state index in [4.69, 9.17) is 5.84 Å². The Morgan fingerprint density at radius 3 is 1.75 bits per heavy atom. The van der Waals surface area contributed by atoms with Crippen molar-refractivity contribution in [1.29, 1.82) is 0 Å². The SMILES string of the molecule is Cc1ccc(C)n1[NH-]. The largest absolute Gasteiger partial charge is 0.631 e. The maximum atomic E-state index is 7.24. The fourth-order valence-corrected chi connectivity index (χ4v) is 0.668. The number of hydrogen-bond acceptors (Lipinski definition) is 0. The summed E-state index contributed by atoms with van der Waals surface area (Å²) < 4.78 is 1.42. The van der Waals surface area contributed by atoms with Gasteiger partial charge in [0.15, 0.2) is 0 Å². The Balaban J connectivity index is 3.19. The van der Waals surface area contributed by atoms with Crippen LogP contribution < -0.4 is 0 Å². The minimum Gasteiger partial charge on any atom is -0.631 e. The van der Waals surface area contributed by atoms with Crippen LogP contribution in [0.1, 0.15) is 11.4 Å². The van der Waals surface area contributed by atoms with Gasteiger partial charge in [0.25, 0.3) is 0 Å². The topological polar surface area (TPSA) is 28.7 Å². The normalized spacial score (nSPS) is 9.75. The lowest BCUT2D eigenvalue weighted by Crippen LogP contribution is -1.86. The van der Waals surface area contributed by atoms with Crippen molar-refractivity contribution in [1.82, 2.24) is 4.68 Å². The predicted octanol–water partition coefficient (Wildman–Crippen LogP) is 1.92. The molecule has 2 heteroatoms. The maximum absolute atomic E-state index is 7.24. The van der Waals surface area contributed by atoms with E-state index in [1.807, 2.05) is 26.0 Å². The van der Waals surface area contributed by atoms with Gasteiger partial charge in [-0.3, -0.25) is 0 Å². The third-order valence-electron chi connectivity index (χ3n) is 1.27. The van der Waals surface area contributed by atoms with E-state index in [1.54, 1.807) is 0 Å². The molecule has 0 saturated carbocycles. The smallest absolute Gasteiger partial charge is 0.000514 e. The second-order valence-electron chi connectivity index (χ2n) is 1.95. The molecular formula is C6H9N2-. The average Bonchev–Trinajstić information content (AvgIpc) is 1.98. The summed E-state index contributed by atoms with van der Waals surface area (Å²) in [6.45, 7) is 3.83. The summed E-state index contributed by atoms with van der Waals surface area (Å²) in [5.74, 6) is 7.24. The first-order valence-electron chi connectivity index (χ1n) is 2.58. The molecule has 1 rings (SSSR count). The Hall–Kier alpha value is -0.920. The molecule has 2 nitrogen and oxygen atoms in total. The summed E-state index contributed by atoms with van der Waals surface area (Å²) in [7, 11) is 0. The van der Waals surface area contributed by atoms with Crippen molar-refractivity contribution in [2.45, 2.75) is 13.8 Å². The summed E-state index contributed by atoms with van der Waals surface area (Å²) in [6, 6.07) is 3.87. The van der Waals surface area contributed by atoms with Crippen molar-refractivity contribution in [2.24, 2.45) is 0 Å². The van der Waals surface area contributed by atoms with E-state index >= 15 is 0 Å². The van der Waals surface area contributed by atoms with Crippen LogP contribution in [0.25, 0.3) is 5.84 Å². The zero-order chi connectivity index (χ0) is 6.15. The Morgan fingerprint density at radius 1 is 1.25 bits per heavy atom. The van der Waals surface area contributed by atoms with Gasteiger partial charge in [-0.25, -0.2) is 0 Å². The highest BCUT2D eigenvalue weighted by Crippen LogP contribution is 2.03. The summed E-state index contributed by atoms with van der Waals surface area (Å²) in [5, 5.41) is 0. The van der Waals surface area contributed by atoms with E-state index in [9.17, 15) is 0 Å². The molecule has 0 fully saturated rings. The Labute approximate surface area is 48.9 Å². The van der Waals surface area contributed by atoms with Gasteiger partial charge in [0.05, 0.1) is 0 Å². The molecule has 0 amide bonds. The number of nitrogens with one attached hydrogen (secondary N) is 1. The molecule has 0 bridgehead atoms. The Kier molecular flexibility index (Phi) is 1.01. The van der Waals surface area contributed by atoms with Crippen LogP contribution in [-0.4, -0.2) is 4.68 Å². The van der Waals surface area contributed by atoms with Gasteiger partial charge in [0, 0.05) is 11.4 Å². The molecule has 0 aliphatic rings. The molecular weight excluding hydrogens is 100 g/mol. The first-order chi connectivity index (χ1) is 3.72. The standard InChI is InChI=1S/C6H9N2/c1-5-3-4-6(2)8(5)7/h3-4,7H,1-2H3/q-1. The highest BCUT2D eigenvalue weighted by atomic mass is 15.3. The van der Waals surface area contributed by atoms with Crippen molar-refractivity contribution in [2.75, 3.05) is 0 Å². The first kappa shape index (κ1) is 5.22. The third-order valence-corrected chi connectivity index (χ3v) is 1.27. The van der Waals surface area contributed by atoms with Crippen molar-refractivity contribution < 1.29 is 0 Å². The quantitative estimate of drug-likeness (QED) is 0.487. The maximum Gasteiger partial charge on any atom is 0.000514 e. The monoisotopic (exact) mass is 109 g/mol. The molecule has 44 valence electrons. The van der Waals surface area contributed by atoms with Crippen LogP contribution in [0.5, 0.6) is 0 Å². The molecule has 1 aromatic rings. The third kappa shape index (κ3) is 0.579. The molecule has 0 radical (unpaired) electrons. The zero-order valence-corrected chi connectivity index (χ0v) is 5.10. The molecule has 1 heterocycles. The number of rotatable bonds is 0. The lowest BCUT2D eigenvalue weighted by atomic mass is 10.5. The van der Waals surface area contributed by atoms with E-state index in [0.717, 1.165) is 11.4 Å². The van der Waals surface area contributed by atoms with Crippen molar-refractivity contribution in [3.8, 4) is 0 Å². The van der Waals surface area contributed by atoms with E-state index in [1.165, 1.54) is 4.68 Å². The van der Waals surface area contributed by atoms with E-state index < -0.39 is 0 Å². The van der Waals surface area contributed by atoms with Gasteiger partial charge in [0.2, 0.25) is 0 Å². The van der Waals surface area contributed by atoms with Crippen LogP contribution in [0.4, 0.5) is 0 Å². The van der Waals surface area contributed by atoms with Crippen LogP contribution in [0, 0.1) is 13.8 Å². The van der Waals surface area contributed by atoms with E-state index in [2.05, 4.69) is 0 Å². The molecule has 0 unspecified atom stereocenters. The van der Waals surface area contributed by atoms with Crippen LogP contribution in [-0.2, 0) is 0 Å². The number of hydrogen-bond donors (Lipinski definition) is 0. The molecule has 1 N–H and O–H groups in total. The number of aromatic nitrogens is 1. The van der Waals surface area contributed by atoms with Crippen LogP contribution >= 0.6 is 0 Å². The Bertz CT molecular complexity index is 169. The fourth-order valence-electron chi connectivity index (χ4n) is 0.668. The van der Waals surface area contributed by atoms with Gasteiger partial charge in [0.1, 0.15) is 0 Å². The second-order valence-corrected chi connectivity index (χ2v) is 1.95. The molecule has 0 aromatic carbocycles. The lowest BCUT2D eigenvalue weighted by Gasteiger charge is -2.09. The molecule has 1 aromatic heterocycles. The second kappa shape index (κ2) is 1.54. The minimum atomic E-state index is 0.988. The van der Waals surface area contributed by atoms with Gasteiger partial charge in [-0.15, -0.1) is 0 Å². The molecule has 8 heavy (non-hydrogen) atoms. The van der Waals surface area contributed by atoms with Crippen molar-refractivity contribution in [3.05, 3.63) is 29.4 Å². The van der Waals surface area contributed by atoms with Gasteiger partial charge in [-0.1, -0.05) is 0 Å². The lowest BCUT2D eigenvalue weighted by molar-refractivity contribution is 0.977. The van der Waals surface area contributed by atoms with Crippen LogP contribution in [0.3, 0.4) is 0 Å². The molecule has 0 aliphatic heterocycles. The summed E-state index contributed by atoms with van der Waals surface area (Å²) in [6.07, 6.45) is 0. The fraction of sp³-hybridized carbons (Fsp3) is 0.333. The highest BCUT2D eigenvalue weighted by Gasteiger charge is 1.86. The molecule has 0 spiro atoms. The van der Waals surface area contributed by atoms with Crippen molar-refractivity contribution in [3.63, 3.8) is 0 Å². The van der Waals surface area contributed by atoms with Gasteiger partial charge in [-0.05, 0) is 26.0 Å². The number of nitrogens with zero attached hydrogens (tertiary/aromatic N) is 1.